The fourth-order valence-electron chi connectivity index (χ4n) is 1.31. The molecule has 1 heterocycles. The summed E-state index contributed by atoms with van der Waals surface area (Å²) in [5.41, 5.74) is 1.13. The number of pyridine rings is 1. The van der Waals surface area contributed by atoms with E-state index in [1.54, 1.807) is 30.3 Å². The maximum atomic E-state index is 8.96. The van der Waals surface area contributed by atoms with Crippen molar-refractivity contribution in [1.29, 1.82) is 5.26 Å². The minimum atomic E-state index is 0.506. The van der Waals surface area contributed by atoms with Crippen LogP contribution in [0, 0.1) is 11.3 Å². The first-order chi connectivity index (χ1) is 8.19. The van der Waals surface area contributed by atoms with Gasteiger partial charge in [-0.25, -0.2) is 4.98 Å². The Morgan fingerprint density at radius 2 is 1.88 bits per heavy atom. The predicted molar refractivity (Wildman–Crippen MR) is 68.7 cm³/mol. The summed E-state index contributed by atoms with van der Waals surface area (Å²) in [5.74, 6) is 0.605. The highest BCUT2D eigenvalue weighted by atomic mass is 35.5. The van der Waals surface area contributed by atoms with Crippen molar-refractivity contribution in [3.63, 3.8) is 0 Å². The lowest BCUT2D eigenvalue weighted by Crippen LogP contribution is -1.95. The highest BCUT2D eigenvalue weighted by Gasteiger charge is 2.03. The van der Waals surface area contributed by atoms with E-state index >= 15 is 0 Å². The molecule has 3 nitrogen and oxygen atoms in total. The van der Waals surface area contributed by atoms with Gasteiger partial charge in [0.15, 0.2) is 0 Å². The van der Waals surface area contributed by atoms with Gasteiger partial charge in [0.05, 0.1) is 16.3 Å². The molecule has 0 atom stereocenters. The minimum Gasteiger partial charge on any atom is -0.339 e. The van der Waals surface area contributed by atoms with E-state index in [1.807, 2.05) is 0 Å². The number of halogens is 2. The normalized spacial score (nSPS) is 9.71. The summed E-state index contributed by atoms with van der Waals surface area (Å²) in [7, 11) is 0. The van der Waals surface area contributed by atoms with Crippen LogP contribution in [-0.2, 0) is 0 Å². The van der Waals surface area contributed by atoms with Crippen LogP contribution < -0.4 is 5.32 Å². The molecule has 0 aliphatic rings. The van der Waals surface area contributed by atoms with E-state index in [1.165, 1.54) is 6.20 Å². The summed E-state index contributed by atoms with van der Waals surface area (Å²) in [4.78, 5) is 4.08. The van der Waals surface area contributed by atoms with Gasteiger partial charge in [-0.15, -0.1) is 0 Å². The Morgan fingerprint density at radius 3 is 2.53 bits per heavy atom. The number of hydrogen-bond acceptors (Lipinski definition) is 3. The third-order valence-electron chi connectivity index (χ3n) is 2.09. The van der Waals surface area contributed by atoms with Gasteiger partial charge >= 0.3 is 0 Å². The molecule has 0 aliphatic heterocycles. The van der Waals surface area contributed by atoms with E-state index in [-0.39, 0.29) is 0 Å². The van der Waals surface area contributed by atoms with Crippen molar-refractivity contribution in [3.8, 4) is 6.07 Å². The summed E-state index contributed by atoms with van der Waals surface area (Å²) in [6.45, 7) is 0. The van der Waals surface area contributed by atoms with Crippen LogP contribution in [0.2, 0.25) is 10.0 Å². The highest BCUT2D eigenvalue weighted by Crippen LogP contribution is 2.23. The second-order valence-electron chi connectivity index (χ2n) is 3.29. The van der Waals surface area contributed by atoms with Crippen molar-refractivity contribution in [1.82, 2.24) is 4.98 Å². The largest absolute Gasteiger partial charge is 0.339 e. The van der Waals surface area contributed by atoms with E-state index in [0.29, 0.717) is 27.1 Å². The molecule has 0 aliphatic carbocycles. The van der Waals surface area contributed by atoms with Gasteiger partial charge in [0.2, 0.25) is 0 Å². The summed E-state index contributed by atoms with van der Waals surface area (Å²) in [6.07, 6.45) is 1.53. The first-order valence-electron chi connectivity index (χ1n) is 4.77. The summed E-state index contributed by atoms with van der Waals surface area (Å²) >= 11 is 11.6. The number of hydrogen-bond donors (Lipinski definition) is 1. The van der Waals surface area contributed by atoms with Gasteiger partial charge < -0.3 is 5.32 Å². The Hall–Kier alpha value is -1.76. The Bertz CT molecular complexity index is 573. The van der Waals surface area contributed by atoms with E-state index in [4.69, 9.17) is 28.5 Å². The van der Waals surface area contributed by atoms with Crippen LogP contribution in [0.5, 0.6) is 0 Å². The van der Waals surface area contributed by atoms with E-state index in [0.717, 1.165) is 0 Å². The molecular formula is C12H7Cl2N3. The molecule has 0 amide bonds. The Morgan fingerprint density at radius 1 is 1.12 bits per heavy atom. The van der Waals surface area contributed by atoms with Crippen LogP contribution in [0.4, 0.5) is 11.5 Å². The second kappa shape index (κ2) is 5.05. The minimum absolute atomic E-state index is 0.506. The fourth-order valence-corrected chi connectivity index (χ4v) is 1.59. The maximum Gasteiger partial charge on any atom is 0.130 e. The molecule has 0 spiro atoms. The number of nitrogens with one attached hydrogen (secondary N) is 1. The standard InChI is InChI=1S/C12H7Cl2N3/c13-9-2-1-8(6-15)11(5-9)17-12-4-3-10(14)7-16-12/h1-5,7H,(H,16,17). The quantitative estimate of drug-likeness (QED) is 0.891. The van der Waals surface area contributed by atoms with Crippen LogP contribution in [-0.4, -0.2) is 4.98 Å². The summed E-state index contributed by atoms with van der Waals surface area (Å²) < 4.78 is 0. The Kier molecular flexibility index (Phi) is 3.48. The number of aromatic nitrogens is 1. The number of nitrogens with zero attached hydrogens (tertiary/aromatic N) is 2. The third-order valence-corrected chi connectivity index (χ3v) is 2.55. The first-order valence-corrected chi connectivity index (χ1v) is 5.53. The van der Waals surface area contributed by atoms with E-state index < -0.39 is 0 Å². The molecular weight excluding hydrogens is 257 g/mol. The topological polar surface area (TPSA) is 48.7 Å². The maximum absolute atomic E-state index is 8.96. The molecule has 0 bridgehead atoms. The lowest BCUT2D eigenvalue weighted by Gasteiger charge is -2.07. The third kappa shape index (κ3) is 2.88. The zero-order chi connectivity index (χ0) is 12.3. The molecule has 1 aromatic heterocycles. The zero-order valence-corrected chi connectivity index (χ0v) is 10.1. The smallest absolute Gasteiger partial charge is 0.130 e. The van der Waals surface area contributed by atoms with Gasteiger partial charge in [-0.2, -0.15) is 5.26 Å². The monoisotopic (exact) mass is 263 g/mol. The predicted octanol–water partition coefficient (Wildman–Crippen LogP) is 4.00. The van der Waals surface area contributed by atoms with Gasteiger partial charge in [-0.1, -0.05) is 23.2 Å². The summed E-state index contributed by atoms with van der Waals surface area (Å²) in [5, 5.41) is 13.1. The van der Waals surface area contributed by atoms with Crippen molar-refractivity contribution < 1.29 is 0 Å². The SMILES string of the molecule is N#Cc1ccc(Cl)cc1Nc1ccc(Cl)cn1. The number of rotatable bonds is 2. The molecule has 2 rings (SSSR count). The number of benzene rings is 1. The molecule has 2 aromatic rings. The van der Waals surface area contributed by atoms with Gasteiger partial charge in [-0.3, -0.25) is 0 Å². The van der Waals surface area contributed by atoms with Crippen LogP contribution >= 0.6 is 23.2 Å². The number of anilines is 2. The zero-order valence-electron chi connectivity index (χ0n) is 8.61. The van der Waals surface area contributed by atoms with Crippen molar-refractivity contribution in [2.24, 2.45) is 0 Å². The molecule has 0 fully saturated rings. The van der Waals surface area contributed by atoms with Crippen molar-refractivity contribution in [2.45, 2.75) is 0 Å². The second-order valence-corrected chi connectivity index (χ2v) is 4.16. The van der Waals surface area contributed by atoms with Crippen molar-refractivity contribution in [2.75, 3.05) is 5.32 Å². The average Bonchev–Trinajstić information content (AvgIpc) is 2.32. The molecule has 17 heavy (non-hydrogen) atoms. The highest BCUT2D eigenvalue weighted by molar-refractivity contribution is 6.31. The molecule has 1 aromatic carbocycles. The molecule has 0 saturated carbocycles. The van der Waals surface area contributed by atoms with Gasteiger partial charge in [0, 0.05) is 11.2 Å². The fraction of sp³-hybridized carbons (Fsp3) is 0. The van der Waals surface area contributed by atoms with Gasteiger partial charge in [0.25, 0.3) is 0 Å². The van der Waals surface area contributed by atoms with Crippen molar-refractivity contribution >= 4 is 34.7 Å². The lowest BCUT2D eigenvalue weighted by atomic mass is 10.2. The Labute approximate surface area is 109 Å². The van der Waals surface area contributed by atoms with Crippen LogP contribution in [0.1, 0.15) is 5.56 Å². The first kappa shape index (κ1) is 11.7. The molecule has 0 saturated heterocycles. The number of nitriles is 1. The van der Waals surface area contributed by atoms with Crippen LogP contribution in [0.15, 0.2) is 36.5 Å². The van der Waals surface area contributed by atoms with Gasteiger partial charge in [-0.05, 0) is 30.3 Å². The molecule has 84 valence electrons. The molecule has 5 heteroatoms. The lowest BCUT2D eigenvalue weighted by molar-refractivity contribution is 1.30. The van der Waals surface area contributed by atoms with Crippen LogP contribution in [0.25, 0.3) is 0 Å². The van der Waals surface area contributed by atoms with Gasteiger partial charge in [0.1, 0.15) is 11.9 Å². The average molecular weight is 264 g/mol. The molecule has 1 N–H and O–H groups in total. The molecule has 0 radical (unpaired) electrons. The van der Waals surface area contributed by atoms with Crippen LogP contribution in [0.3, 0.4) is 0 Å². The van der Waals surface area contributed by atoms with Crippen molar-refractivity contribution in [3.05, 3.63) is 52.1 Å². The Balaban J connectivity index is 2.32. The van der Waals surface area contributed by atoms with E-state index in [2.05, 4.69) is 16.4 Å². The summed E-state index contributed by atoms with van der Waals surface area (Å²) in [6, 6.07) is 10.5. The van der Waals surface area contributed by atoms with E-state index in [9.17, 15) is 0 Å². The molecule has 0 unspecified atom stereocenters.